The van der Waals surface area contributed by atoms with E-state index in [1.165, 1.54) is 0 Å². The molecule has 134 valence electrons. The summed E-state index contributed by atoms with van der Waals surface area (Å²) >= 11 is 0. The van der Waals surface area contributed by atoms with Crippen LogP contribution in [-0.4, -0.2) is 28.9 Å². The van der Waals surface area contributed by atoms with Gasteiger partial charge in [-0.05, 0) is 71.6 Å². The van der Waals surface area contributed by atoms with Gasteiger partial charge < -0.3 is 14.2 Å². The molecule has 0 N–H and O–H groups in total. The van der Waals surface area contributed by atoms with Crippen LogP contribution in [0.1, 0.15) is 66.7 Å². The Hall–Kier alpha value is -1.52. The van der Waals surface area contributed by atoms with E-state index in [1.807, 2.05) is 27.7 Å². The van der Waals surface area contributed by atoms with E-state index in [4.69, 9.17) is 14.2 Å². The molecular weight excluding hydrogens is 308 g/mol. The summed E-state index contributed by atoms with van der Waals surface area (Å²) in [6.45, 7) is 12.7. The lowest BCUT2D eigenvalue weighted by atomic mass is 9.71. The number of esters is 1. The van der Waals surface area contributed by atoms with Crippen molar-refractivity contribution in [3.8, 4) is 0 Å². The van der Waals surface area contributed by atoms with Crippen molar-refractivity contribution in [2.75, 3.05) is 0 Å². The smallest absolute Gasteiger partial charge is 0.456 e. The lowest BCUT2D eigenvalue weighted by Gasteiger charge is -2.45. The fourth-order valence-corrected chi connectivity index (χ4v) is 4.94. The first-order valence-corrected chi connectivity index (χ1v) is 8.67. The molecule has 0 radical (unpaired) electrons. The van der Waals surface area contributed by atoms with Gasteiger partial charge in [0, 0.05) is 12.0 Å². The number of hydrogen-bond acceptors (Lipinski definition) is 5. The van der Waals surface area contributed by atoms with Crippen molar-refractivity contribution >= 4 is 12.1 Å². The van der Waals surface area contributed by atoms with Gasteiger partial charge in [0.15, 0.2) is 0 Å². The Bertz CT molecular complexity index is 603. The molecule has 24 heavy (non-hydrogen) atoms. The Morgan fingerprint density at radius 1 is 1.08 bits per heavy atom. The highest BCUT2D eigenvalue weighted by Crippen LogP contribution is 2.75. The van der Waals surface area contributed by atoms with Crippen LogP contribution < -0.4 is 0 Å². The molecular formula is C19H28O5. The van der Waals surface area contributed by atoms with Crippen LogP contribution in [0, 0.1) is 11.3 Å². The molecule has 0 heterocycles. The predicted molar refractivity (Wildman–Crippen MR) is 88.4 cm³/mol. The van der Waals surface area contributed by atoms with Crippen molar-refractivity contribution in [3.63, 3.8) is 0 Å². The van der Waals surface area contributed by atoms with Crippen molar-refractivity contribution < 1.29 is 23.8 Å². The van der Waals surface area contributed by atoms with Gasteiger partial charge in [-0.1, -0.05) is 6.58 Å². The minimum atomic E-state index is -0.665. The number of carbonyl (C=O) groups is 2. The Morgan fingerprint density at radius 2 is 1.75 bits per heavy atom. The molecule has 0 amide bonds. The van der Waals surface area contributed by atoms with Gasteiger partial charge in [-0.2, -0.15) is 0 Å². The number of rotatable bonds is 3. The zero-order chi connectivity index (χ0) is 18.0. The fourth-order valence-electron chi connectivity index (χ4n) is 4.94. The largest absolute Gasteiger partial charge is 0.509 e. The standard InChI is InChI=1S/C19H28O5/c1-12(2)14(20)22-19-8-13-7-18(13,11-19)9-17(6,10-19)24-15(21)23-16(3,4)5/h13H,1,7-11H2,2-6H3. The summed E-state index contributed by atoms with van der Waals surface area (Å²) in [4.78, 5) is 24.2. The third kappa shape index (κ3) is 3.17. The number of hydrogen-bond donors (Lipinski definition) is 0. The highest BCUT2D eigenvalue weighted by molar-refractivity contribution is 5.87. The Labute approximate surface area is 143 Å². The van der Waals surface area contributed by atoms with Crippen LogP contribution in [0.25, 0.3) is 0 Å². The molecule has 3 rings (SSSR count). The highest BCUT2D eigenvalue weighted by atomic mass is 16.7. The summed E-state index contributed by atoms with van der Waals surface area (Å²) in [5.41, 5.74) is -1.23. The number of ether oxygens (including phenoxy) is 3. The van der Waals surface area contributed by atoms with E-state index < -0.39 is 23.0 Å². The first-order valence-electron chi connectivity index (χ1n) is 8.67. The normalized spacial score (nSPS) is 39.6. The van der Waals surface area contributed by atoms with E-state index in [0.717, 1.165) is 25.7 Å². The van der Waals surface area contributed by atoms with Crippen LogP contribution in [0.4, 0.5) is 4.79 Å². The van der Waals surface area contributed by atoms with E-state index in [1.54, 1.807) is 6.92 Å². The summed E-state index contributed by atoms with van der Waals surface area (Å²) in [5.74, 6) is 0.215. The van der Waals surface area contributed by atoms with Crippen molar-refractivity contribution in [3.05, 3.63) is 12.2 Å². The van der Waals surface area contributed by atoms with Crippen LogP contribution in [0.5, 0.6) is 0 Å². The van der Waals surface area contributed by atoms with Gasteiger partial charge in [0.25, 0.3) is 0 Å². The Balaban J connectivity index is 1.75. The summed E-state index contributed by atoms with van der Waals surface area (Å²) in [7, 11) is 0. The van der Waals surface area contributed by atoms with Crippen LogP contribution in [-0.2, 0) is 19.0 Å². The van der Waals surface area contributed by atoms with Gasteiger partial charge in [-0.25, -0.2) is 9.59 Å². The minimum absolute atomic E-state index is 0.157. The van der Waals surface area contributed by atoms with Crippen LogP contribution >= 0.6 is 0 Å². The second kappa shape index (κ2) is 4.99. The summed E-state index contributed by atoms with van der Waals surface area (Å²) in [6.07, 6.45) is 3.55. The number of fused-ring (bicyclic) bond motifs is 1. The maximum atomic E-state index is 12.2. The molecule has 5 nitrogen and oxygen atoms in total. The second-order valence-electron chi connectivity index (χ2n) is 9.37. The van der Waals surface area contributed by atoms with Gasteiger partial charge in [-0.3, -0.25) is 0 Å². The van der Waals surface area contributed by atoms with Gasteiger partial charge in [0.1, 0.15) is 16.8 Å². The zero-order valence-electron chi connectivity index (χ0n) is 15.4. The first kappa shape index (κ1) is 17.3. The summed E-state index contributed by atoms with van der Waals surface area (Å²) in [5, 5.41) is 0. The molecule has 0 aromatic carbocycles. The monoisotopic (exact) mass is 336 g/mol. The van der Waals surface area contributed by atoms with Crippen LogP contribution in [0.2, 0.25) is 0 Å². The van der Waals surface area contributed by atoms with Gasteiger partial charge in [-0.15, -0.1) is 0 Å². The van der Waals surface area contributed by atoms with Crippen LogP contribution in [0.15, 0.2) is 12.2 Å². The topological polar surface area (TPSA) is 61.8 Å². The van der Waals surface area contributed by atoms with Gasteiger partial charge >= 0.3 is 12.1 Å². The molecule has 2 bridgehead atoms. The average molecular weight is 336 g/mol. The fraction of sp³-hybridized carbons (Fsp3) is 0.789. The van der Waals surface area contributed by atoms with E-state index in [9.17, 15) is 9.59 Å². The molecule has 4 unspecified atom stereocenters. The van der Waals surface area contributed by atoms with Gasteiger partial charge in [0.05, 0.1) is 0 Å². The van der Waals surface area contributed by atoms with E-state index in [-0.39, 0.29) is 11.4 Å². The molecule has 3 saturated carbocycles. The summed E-state index contributed by atoms with van der Waals surface area (Å²) in [6, 6.07) is 0. The van der Waals surface area contributed by atoms with Crippen molar-refractivity contribution in [2.24, 2.45) is 11.3 Å². The molecule has 4 atom stereocenters. The quantitative estimate of drug-likeness (QED) is 0.572. The maximum absolute atomic E-state index is 12.2. The Kier molecular flexibility index (Phi) is 3.60. The summed E-state index contributed by atoms with van der Waals surface area (Å²) < 4.78 is 16.9. The SMILES string of the molecule is C=C(C)C(=O)OC12CC3CC3(CC(C)(OC(=O)OC(C)(C)C)C1)C2. The third-order valence-electron chi connectivity index (χ3n) is 5.45. The molecule has 0 saturated heterocycles. The van der Waals surface area contributed by atoms with Crippen molar-refractivity contribution in [2.45, 2.75) is 83.5 Å². The maximum Gasteiger partial charge on any atom is 0.509 e. The molecule has 0 aromatic heterocycles. The highest BCUT2D eigenvalue weighted by Gasteiger charge is 2.73. The molecule has 3 fully saturated rings. The Morgan fingerprint density at radius 3 is 2.33 bits per heavy atom. The molecule has 3 aliphatic carbocycles. The molecule has 3 aliphatic rings. The van der Waals surface area contributed by atoms with Gasteiger partial charge in [0.2, 0.25) is 0 Å². The third-order valence-corrected chi connectivity index (χ3v) is 5.45. The average Bonchev–Trinajstić information content (AvgIpc) is 2.86. The molecule has 0 aliphatic heterocycles. The van der Waals surface area contributed by atoms with Crippen molar-refractivity contribution in [1.82, 2.24) is 0 Å². The predicted octanol–water partition coefficient (Wildman–Crippen LogP) is 4.15. The lowest BCUT2D eigenvalue weighted by Crippen LogP contribution is -2.50. The van der Waals surface area contributed by atoms with E-state index >= 15 is 0 Å². The minimum Gasteiger partial charge on any atom is -0.456 e. The van der Waals surface area contributed by atoms with E-state index in [0.29, 0.717) is 17.9 Å². The lowest BCUT2D eigenvalue weighted by molar-refractivity contribution is -0.172. The number of carbonyl (C=O) groups excluding carboxylic acids is 2. The zero-order valence-corrected chi connectivity index (χ0v) is 15.4. The second-order valence-corrected chi connectivity index (χ2v) is 9.37. The molecule has 1 spiro atoms. The van der Waals surface area contributed by atoms with Crippen molar-refractivity contribution in [1.29, 1.82) is 0 Å². The van der Waals surface area contributed by atoms with Crippen LogP contribution in [0.3, 0.4) is 0 Å². The van der Waals surface area contributed by atoms with E-state index in [2.05, 4.69) is 6.58 Å². The molecule has 0 aromatic rings. The first-order chi connectivity index (χ1) is 10.9. The molecule has 5 heteroatoms.